The summed E-state index contributed by atoms with van der Waals surface area (Å²) in [5.41, 5.74) is 0.416. The fourth-order valence-corrected chi connectivity index (χ4v) is 3.45. The van der Waals surface area contributed by atoms with Gasteiger partial charge in [-0.2, -0.15) is 0 Å². The van der Waals surface area contributed by atoms with Gasteiger partial charge < -0.3 is 13.8 Å². The number of esters is 1. The Kier molecular flexibility index (Phi) is 8.39. The van der Waals surface area contributed by atoms with Crippen LogP contribution in [0.25, 0.3) is 0 Å². The number of unbranched alkanes of at least 4 members (excludes halogenated alkanes) is 3. The van der Waals surface area contributed by atoms with Gasteiger partial charge in [0.05, 0.1) is 5.56 Å². The highest BCUT2D eigenvalue weighted by molar-refractivity contribution is 7.54. The minimum absolute atomic E-state index is 0.416. The molecule has 0 aliphatic heterocycles. The zero-order chi connectivity index (χ0) is 16.4. The van der Waals surface area contributed by atoms with Crippen molar-refractivity contribution in [3.05, 3.63) is 35.9 Å². The highest BCUT2D eigenvalue weighted by Crippen LogP contribution is 2.54. The van der Waals surface area contributed by atoms with Gasteiger partial charge in [0.1, 0.15) is 0 Å². The normalized spacial score (nSPS) is 12.9. The van der Waals surface area contributed by atoms with E-state index in [-0.39, 0.29) is 0 Å². The lowest BCUT2D eigenvalue weighted by Gasteiger charge is -2.24. The zero-order valence-electron chi connectivity index (χ0n) is 13.5. The van der Waals surface area contributed by atoms with E-state index < -0.39 is 19.4 Å². The van der Waals surface area contributed by atoms with Gasteiger partial charge in [0, 0.05) is 14.2 Å². The maximum absolute atomic E-state index is 12.6. The Labute approximate surface area is 132 Å². The fourth-order valence-electron chi connectivity index (χ4n) is 2.10. The first-order chi connectivity index (χ1) is 10.6. The monoisotopic (exact) mass is 328 g/mol. The minimum atomic E-state index is -3.46. The molecule has 0 aliphatic carbocycles. The van der Waals surface area contributed by atoms with Crippen molar-refractivity contribution in [3.8, 4) is 0 Å². The summed E-state index contributed by atoms with van der Waals surface area (Å²) in [5, 5.41) is 0. The molecule has 0 amide bonds. The Balaban J connectivity index is 2.77. The molecule has 124 valence electrons. The van der Waals surface area contributed by atoms with Gasteiger partial charge in [-0.1, -0.05) is 44.4 Å². The largest absolute Gasteiger partial charge is 0.446 e. The first-order valence-electron chi connectivity index (χ1n) is 7.54. The molecule has 1 aromatic carbocycles. The molecule has 0 bridgehead atoms. The van der Waals surface area contributed by atoms with E-state index in [9.17, 15) is 9.36 Å². The van der Waals surface area contributed by atoms with Gasteiger partial charge in [0.15, 0.2) is 0 Å². The number of rotatable bonds is 10. The predicted molar refractivity (Wildman–Crippen MR) is 86.0 cm³/mol. The first-order valence-corrected chi connectivity index (χ1v) is 9.15. The molecule has 0 fully saturated rings. The summed E-state index contributed by atoms with van der Waals surface area (Å²) in [6.07, 6.45) is 4.43. The summed E-state index contributed by atoms with van der Waals surface area (Å²) in [4.78, 5) is 12.2. The summed E-state index contributed by atoms with van der Waals surface area (Å²) in [6, 6.07) is 8.62. The first kappa shape index (κ1) is 18.9. The average Bonchev–Trinajstić information content (AvgIpc) is 2.57. The number of benzene rings is 1. The molecule has 0 aliphatic rings. The van der Waals surface area contributed by atoms with Crippen LogP contribution in [0.4, 0.5) is 0 Å². The van der Waals surface area contributed by atoms with Crippen molar-refractivity contribution in [2.24, 2.45) is 0 Å². The van der Waals surface area contributed by atoms with Gasteiger partial charge in [-0.25, -0.2) is 4.79 Å². The molecule has 0 spiro atoms. The van der Waals surface area contributed by atoms with Crippen LogP contribution in [-0.4, -0.2) is 26.0 Å². The van der Waals surface area contributed by atoms with Gasteiger partial charge in [0.2, 0.25) is 5.85 Å². The summed E-state index contributed by atoms with van der Waals surface area (Å²) in [5.74, 6) is -1.40. The summed E-state index contributed by atoms with van der Waals surface area (Å²) in [6.45, 7) is 2.11. The zero-order valence-corrected chi connectivity index (χ0v) is 14.4. The van der Waals surface area contributed by atoms with Crippen LogP contribution in [0, 0.1) is 0 Å². The van der Waals surface area contributed by atoms with Crippen molar-refractivity contribution < 1.29 is 23.1 Å². The number of ether oxygens (including phenoxy) is 1. The molecular formula is C16H25O5P. The maximum atomic E-state index is 12.6. The number of carbonyl (C=O) groups is 1. The van der Waals surface area contributed by atoms with E-state index in [4.69, 9.17) is 13.8 Å². The molecule has 6 heteroatoms. The van der Waals surface area contributed by atoms with Crippen molar-refractivity contribution in [1.82, 2.24) is 0 Å². The van der Waals surface area contributed by atoms with E-state index >= 15 is 0 Å². The lowest BCUT2D eigenvalue weighted by Crippen LogP contribution is -2.20. The summed E-state index contributed by atoms with van der Waals surface area (Å²) >= 11 is 0. The van der Waals surface area contributed by atoms with Crippen LogP contribution in [0.2, 0.25) is 0 Å². The van der Waals surface area contributed by atoms with Crippen LogP contribution in [0.5, 0.6) is 0 Å². The van der Waals surface area contributed by atoms with E-state index in [0.29, 0.717) is 12.0 Å². The highest BCUT2D eigenvalue weighted by Gasteiger charge is 2.37. The molecule has 0 saturated carbocycles. The van der Waals surface area contributed by atoms with Crippen molar-refractivity contribution in [1.29, 1.82) is 0 Å². The SMILES string of the molecule is CCCCCC[C@@H](OC(=O)c1ccccc1)P(=O)(OC)OC. The Morgan fingerprint density at radius 1 is 1.09 bits per heavy atom. The van der Waals surface area contributed by atoms with Crippen LogP contribution in [-0.2, 0) is 18.3 Å². The Hall–Kier alpha value is -1.16. The van der Waals surface area contributed by atoms with Crippen molar-refractivity contribution in [2.75, 3.05) is 14.2 Å². The molecule has 0 radical (unpaired) electrons. The molecule has 5 nitrogen and oxygen atoms in total. The van der Waals surface area contributed by atoms with Crippen molar-refractivity contribution in [3.63, 3.8) is 0 Å². The minimum Gasteiger partial charge on any atom is -0.446 e. The fraction of sp³-hybridized carbons (Fsp3) is 0.562. The Bertz CT molecular complexity index is 481. The second-order valence-electron chi connectivity index (χ2n) is 4.98. The predicted octanol–water partition coefficient (Wildman–Crippen LogP) is 4.63. The second-order valence-corrected chi connectivity index (χ2v) is 7.37. The quantitative estimate of drug-likeness (QED) is 0.356. The Morgan fingerprint density at radius 3 is 2.27 bits per heavy atom. The van der Waals surface area contributed by atoms with Gasteiger partial charge >= 0.3 is 13.6 Å². The lowest BCUT2D eigenvalue weighted by molar-refractivity contribution is 0.0366. The smallest absolute Gasteiger partial charge is 0.370 e. The van der Waals surface area contributed by atoms with E-state index in [2.05, 4.69) is 6.92 Å². The summed E-state index contributed by atoms with van der Waals surface area (Å²) < 4.78 is 28.0. The van der Waals surface area contributed by atoms with Crippen LogP contribution >= 0.6 is 7.60 Å². The summed E-state index contributed by atoms with van der Waals surface area (Å²) in [7, 11) is -0.847. The van der Waals surface area contributed by atoms with Crippen LogP contribution < -0.4 is 0 Å². The third kappa shape index (κ3) is 5.56. The molecule has 0 aromatic heterocycles. The molecule has 0 heterocycles. The van der Waals surface area contributed by atoms with Crippen LogP contribution in [0.1, 0.15) is 49.4 Å². The van der Waals surface area contributed by atoms with Crippen LogP contribution in [0.15, 0.2) is 30.3 Å². The topological polar surface area (TPSA) is 61.8 Å². The molecule has 22 heavy (non-hydrogen) atoms. The number of hydrogen-bond acceptors (Lipinski definition) is 5. The lowest BCUT2D eigenvalue weighted by atomic mass is 10.2. The standard InChI is InChI=1S/C16H25O5P/c1-4-5-6-10-13-15(22(18,19-2)20-3)21-16(17)14-11-8-7-9-12-14/h7-9,11-12,15H,4-6,10,13H2,1-3H3/t15-/m0/s1. The molecule has 0 N–H and O–H groups in total. The van der Waals surface area contributed by atoms with E-state index in [1.807, 2.05) is 6.07 Å². The maximum Gasteiger partial charge on any atom is 0.370 e. The van der Waals surface area contributed by atoms with Crippen molar-refractivity contribution in [2.45, 2.75) is 44.9 Å². The second kappa shape index (κ2) is 9.78. The third-order valence-electron chi connectivity index (χ3n) is 3.42. The Morgan fingerprint density at radius 2 is 1.73 bits per heavy atom. The molecule has 0 unspecified atom stereocenters. The van der Waals surface area contributed by atoms with E-state index in [0.717, 1.165) is 25.7 Å². The van der Waals surface area contributed by atoms with Crippen molar-refractivity contribution >= 4 is 13.6 Å². The molecule has 1 atom stereocenters. The molecule has 1 aromatic rings. The van der Waals surface area contributed by atoms with Gasteiger partial charge in [-0.15, -0.1) is 0 Å². The van der Waals surface area contributed by atoms with Gasteiger partial charge in [-0.3, -0.25) is 4.57 Å². The average molecular weight is 328 g/mol. The van der Waals surface area contributed by atoms with Gasteiger partial charge in [0.25, 0.3) is 0 Å². The number of carbonyl (C=O) groups excluding carboxylic acids is 1. The van der Waals surface area contributed by atoms with E-state index in [1.54, 1.807) is 24.3 Å². The molecule has 1 rings (SSSR count). The molecule has 0 saturated heterocycles. The molecular weight excluding hydrogens is 303 g/mol. The number of hydrogen-bond donors (Lipinski definition) is 0. The highest BCUT2D eigenvalue weighted by atomic mass is 31.2. The van der Waals surface area contributed by atoms with Crippen LogP contribution in [0.3, 0.4) is 0 Å². The van der Waals surface area contributed by atoms with E-state index in [1.165, 1.54) is 14.2 Å². The third-order valence-corrected chi connectivity index (χ3v) is 5.51. The van der Waals surface area contributed by atoms with Gasteiger partial charge in [-0.05, 0) is 25.0 Å².